The van der Waals surface area contributed by atoms with E-state index in [1.165, 1.54) is 5.75 Å². The van der Waals surface area contributed by atoms with Gasteiger partial charge in [0.15, 0.2) is 5.82 Å². The van der Waals surface area contributed by atoms with E-state index in [4.69, 9.17) is 4.52 Å². The number of carbonyl (C=O) groups is 1. The van der Waals surface area contributed by atoms with E-state index in [0.717, 1.165) is 24.4 Å². The summed E-state index contributed by atoms with van der Waals surface area (Å²) < 4.78 is 5.32. The lowest BCUT2D eigenvalue weighted by Gasteiger charge is -2.24. The van der Waals surface area contributed by atoms with Crippen molar-refractivity contribution < 1.29 is 9.32 Å². The summed E-state index contributed by atoms with van der Waals surface area (Å²) in [5.74, 6) is 3.75. The Balaban J connectivity index is 1.78. The van der Waals surface area contributed by atoms with E-state index in [9.17, 15) is 4.79 Å². The zero-order chi connectivity index (χ0) is 12.5. The Morgan fingerprint density at radius 2 is 2.17 bits per heavy atom. The van der Waals surface area contributed by atoms with E-state index in [1.807, 2.05) is 23.5 Å². The summed E-state index contributed by atoms with van der Waals surface area (Å²) >= 11 is 3.84. The topological polar surface area (TPSA) is 56.0 Å². The normalized spacial score (nSPS) is 32.9. The van der Waals surface area contributed by atoms with Gasteiger partial charge in [-0.15, -0.1) is 11.8 Å². The molecule has 0 spiro atoms. The molecule has 2 heterocycles. The summed E-state index contributed by atoms with van der Waals surface area (Å²) in [6, 6.07) is 0. The molecule has 3 rings (SSSR count). The Hall–Kier alpha value is -0.490. The zero-order valence-electron chi connectivity index (χ0n) is 10.3. The third-order valence-corrected chi connectivity index (χ3v) is 6.59. The van der Waals surface area contributed by atoms with Gasteiger partial charge in [0.05, 0.1) is 11.2 Å². The van der Waals surface area contributed by atoms with Crippen LogP contribution in [0.4, 0.5) is 0 Å². The van der Waals surface area contributed by atoms with Gasteiger partial charge in [0.1, 0.15) is 5.78 Å². The van der Waals surface area contributed by atoms with E-state index in [1.54, 1.807) is 0 Å². The van der Waals surface area contributed by atoms with E-state index in [0.29, 0.717) is 22.8 Å². The average Bonchev–Trinajstić information content (AvgIpc) is 2.98. The smallest absolute Gasteiger partial charge is 0.237 e. The summed E-state index contributed by atoms with van der Waals surface area (Å²) in [5.41, 5.74) is 0. The van der Waals surface area contributed by atoms with E-state index < -0.39 is 0 Å². The van der Waals surface area contributed by atoms with Gasteiger partial charge in [-0.1, -0.05) is 12.1 Å². The van der Waals surface area contributed by atoms with Gasteiger partial charge in [-0.25, -0.2) is 0 Å². The van der Waals surface area contributed by atoms with Crippen molar-refractivity contribution >= 4 is 29.3 Å². The molecule has 0 N–H and O–H groups in total. The number of carbonyl (C=O) groups excluding carboxylic acids is 1. The predicted molar refractivity (Wildman–Crippen MR) is 73.0 cm³/mol. The van der Waals surface area contributed by atoms with Crippen molar-refractivity contribution in [1.29, 1.82) is 0 Å². The lowest BCUT2D eigenvalue weighted by molar-refractivity contribution is -0.119. The molecule has 0 radical (unpaired) electrons. The maximum atomic E-state index is 11.7. The molecule has 3 unspecified atom stereocenters. The standard InChI is InChI=1S/C12H16N2O2S2/c1-7-10(18-6-5-17-7)11-13-12(16-14-11)8-3-2-4-9(8)15/h7-8,10H,2-6H2,1H3. The highest BCUT2D eigenvalue weighted by atomic mass is 32.2. The molecule has 1 aliphatic carbocycles. The van der Waals surface area contributed by atoms with Crippen LogP contribution in [0.1, 0.15) is 49.1 Å². The number of aromatic nitrogens is 2. The first-order valence-corrected chi connectivity index (χ1v) is 8.45. The van der Waals surface area contributed by atoms with Crippen molar-refractivity contribution in [3.05, 3.63) is 11.7 Å². The van der Waals surface area contributed by atoms with Crippen LogP contribution < -0.4 is 0 Å². The summed E-state index contributed by atoms with van der Waals surface area (Å²) in [6.07, 6.45) is 2.47. The zero-order valence-corrected chi connectivity index (χ0v) is 11.9. The quantitative estimate of drug-likeness (QED) is 0.832. The van der Waals surface area contributed by atoms with Gasteiger partial charge in [-0.2, -0.15) is 16.7 Å². The largest absolute Gasteiger partial charge is 0.339 e. The Bertz CT molecular complexity index is 449. The van der Waals surface area contributed by atoms with Crippen LogP contribution in [0, 0.1) is 0 Å². The second kappa shape index (κ2) is 5.25. The maximum absolute atomic E-state index is 11.7. The molecule has 2 fully saturated rings. The molecule has 1 saturated carbocycles. The van der Waals surface area contributed by atoms with Gasteiger partial charge in [0.25, 0.3) is 0 Å². The Morgan fingerprint density at radius 3 is 2.89 bits per heavy atom. The second-order valence-electron chi connectivity index (χ2n) is 4.77. The van der Waals surface area contributed by atoms with Gasteiger partial charge in [-0.3, -0.25) is 4.79 Å². The van der Waals surface area contributed by atoms with Crippen molar-refractivity contribution in [2.24, 2.45) is 0 Å². The minimum absolute atomic E-state index is 0.136. The Labute approximate surface area is 115 Å². The SMILES string of the molecule is CC1SCCSC1c1noc(C2CCCC2=O)n1. The molecule has 18 heavy (non-hydrogen) atoms. The lowest BCUT2D eigenvalue weighted by Crippen LogP contribution is -2.17. The van der Waals surface area contributed by atoms with Crippen molar-refractivity contribution in [3.8, 4) is 0 Å². The van der Waals surface area contributed by atoms with Crippen molar-refractivity contribution in [1.82, 2.24) is 10.1 Å². The van der Waals surface area contributed by atoms with Crippen LogP contribution in [-0.4, -0.2) is 32.7 Å². The van der Waals surface area contributed by atoms with E-state index in [2.05, 4.69) is 17.1 Å². The Kier molecular flexibility index (Phi) is 3.66. The molecule has 0 bridgehead atoms. The fourth-order valence-electron chi connectivity index (χ4n) is 2.50. The van der Waals surface area contributed by atoms with Gasteiger partial charge < -0.3 is 4.52 Å². The van der Waals surface area contributed by atoms with Gasteiger partial charge >= 0.3 is 0 Å². The van der Waals surface area contributed by atoms with E-state index in [-0.39, 0.29) is 11.7 Å². The number of Topliss-reactive ketones (excluding diaryl/α,β-unsaturated/α-hetero) is 1. The molecular weight excluding hydrogens is 268 g/mol. The second-order valence-corrected chi connectivity index (χ2v) is 7.50. The number of ketones is 1. The summed E-state index contributed by atoms with van der Waals surface area (Å²) in [4.78, 5) is 16.2. The van der Waals surface area contributed by atoms with Crippen molar-refractivity contribution in [2.75, 3.05) is 11.5 Å². The van der Waals surface area contributed by atoms with Crippen LogP contribution in [0.25, 0.3) is 0 Å². The highest BCUT2D eigenvalue weighted by Crippen LogP contribution is 2.41. The molecule has 0 aromatic carbocycles. The minimum atomic E-state index is -0.136. The highest BCUT2D eigenvalue weighted by Gasteiger charge is 2.33. The summed E-state index contributed by atoms with van der Waals surface area (Å²) in [6.45, 7) is 2.21. The van der Waals surface area contributed by atoms with Crippen molar-refractivity contribution in [2.45, 2.75) is 42.6 Å². The summed E-state index contributed by atoms with van der Waals surface area (Å²) in [7, 11) is 0. The molecule has 0 amide bonds. The van der Waals surface area contributed by atoms with Crippen LogP contribution >= 0.6 is 23.5 Å². The minimum Gasteiger partial charge on any atom is -0.339 e. The molecule has 1 aromatic heterocycles. The number of hydrogen-bond donors (Lipinski definition) is 0. The first kappa shape index (κ1) is 12.5. The average molecular weight is 284 g/mol. The van der Waals surface area contributed by atoms with Gasteiger partial charge in [-0.05, 0) is 12.8 Å². The molecule has 1 aromatic rings. The molecular formula is C12H16N2O2S2. The lowest BCUT2D eigenvalue weighted by atomic mass is 10.1. The summed E-state index contributed by atoms with van der Waals surface area (Å²) in [5, 5.41) is 4.91. The molecule has 1 aliphatic heterocycles. The molecule has 6 heteroatoms. The molecule has 1 saturated heterocycles. The molecule has 4 nitrogen and oxygen atoms in total. The fourth-order valence-corrected chi connectivity index (χ4v) is 5.18. The van der Waals surface area contributed by atoms with Crippen LogP contribution in [0.15, 0.2) is 4.52 Å². The third kappa shape index (κ3) is 2.32. The van der Waals surface area contributed by atoms with Crippen LogP contribution in [0.5, 0.6) is 0 Å². The first-order chi connectivity index (χ1) is 8.75. The predicted octanol–water partition coefficient (Wildman–Crippen LogP) is 2.82. The number of nitrogens with zero attached hydrogens (tertiary/aromatic N) is 2. The maximum Gasteiger partial charge on any atom is 0.237 e. The first-order valence-electron chi connectivity index (χ1n) is 6.35. The van der Waals surface area contributed by atoms with Gasteiger partial charge in [0.2, 0.25) is 5.89 Å². The molecule has 98 valence electrons. The third-order valence-electron chi connectivity index (χ3n) is 3.50. The van der Waals surface area contributed by atoms with Crippen LogP contribution in [0.3, 0.4) is 0 Å². The Morgan fingerprint density at radius 1 is 1.33 bits per heavy atom. The van der Waals surface area contributed by atoms with Crippen molar-refractivity contribution in [3.63, 3.8) is 0 Å². The number of hydrogen-bond acceptors (Lipinski definition) is 6. The van der Waals surface area contributed by atoms with Crippen LogP contribution in [0.2, 0.25) is 0 Å². The molecule has 3 atom stereocenters. The van der Waals surface area contributed by atoms with Gasteiger partial charge in [0, 0.05) is 23.2 Å². The monoisotopic (exact) mass is 284 g/mol. The number of rotatable bonds is 2. The highest BCUT2D eigenvalue weighted by molar-refractivity contribution is 8.06. The number of thioether (sulfide) groups is 2. The van der Waals surface area contributed by atoms with E-state index >= 15 is 0 Å². The fraction of sp³-hybridized carbons (Fsp3) is 0.750. The van der Waals surface area contributed by atoms with Crippen LogP contribution in [-0.2, 0) is 4.79 Å². The molecule has 2 aliphatic rings.